The standard InChI is InChI=1S/C13H12N2O3/c1-18-13(17)9-4-2-3-8(7-9)11-6-5-10(14)12(16)15-11/h2-7H,14H2,1H3,(H,15,16). The van der Waals surface area contributed by atoms with Crippen LogP contribution in [0.2, 0.25) is 0 Å². The highest BCUT2D eigenvalue weighted by Gasteiger charge is 2.07. The maximum absolute atomic E-state index is 11.4. The van der Waals surface area contributed by atoms with E-state index in [1.54, 1.807) is 30.3 Å². The predicted molar refractivity (Wildman–Crippen MR) is 68.3 cm³/mol. The normalized spacial score (nSPS) is 10.1. The third kappa shape index (κ3) is 2.24. The van der Waals surface area contributed by atoms with Crippen LogP contribution in [0.1, 0.15) is 10.4 Å². The molecule has 18 heavy (non-hydrogen) atoms. The van der Waals surface area contributed by atoms with Gasteiger partial charge in [-0.1, -0.05) is 12.1 Å². The summed E-state index contributed by atoms with van der Waals surface area (Å²) in [6, 6.07) is 10.0. The molecule has 1 aromatic heterocycles. The van der Waals surface area contributed by atoms with Gasteiger partial charge in [0.15, 0.2) is 0 Å². The third-order valence-electron chi connectivity index (χ3n) is 2.53. The highest BCUT2D eigenvalue weighted by atomic mass is 16.5. The van der Waals surface area contributed by atoms with Crippen LogP contribution in [0.4, 0.5) is 5.69 Å². The number of hydrogen-bond acceptors (Lipinski definition) is 4. The zero-order valence-corrected chi connectivity index (χ0v) is 9.77. The number of anilines is 1. The molecule has 0 bridgehead atoms. The number of rotatable bonds is 2. The molecule has 0 unspecified atom stereocenters. The summed E-state index contributed by atoms with van der Waals surface area (Å²) in [5, 5.41) is 0. The summed E-state index contributed by atoms with van der Waals surface area (Å²) in [6.07, 6.45) is 0. The average molecular weight is 244 g/mol. The Morgan fingerprint density at radius 2 is 2.06 bits per heavy atom. The smallest absolute Gasteiger partial charge is 0.337 e. The van der Waals surface area contributed by atoms with E-state index in [1.807, 2.05) is 0 Å². The molecule has 1 heterocycles. The lowest BCUT2D eigenvalue weighted by Gasteiger charge is -2.04. The molecule has 0 aliphatic rings. The summed E-state index contributed by atoms with van der Waals surface area (Å²) in [5.74, 6) is -0.422. The van der Waals surface area contributed by atoms with Gasteiger partial charge in [0.05, 0.1) is 18.4 Å². The number of carbonyl (C=O) groups excluding carboxylic acids is 1. The molecule has 0 amide bonds. The fourth-order valence-corrected chi connectivity index (χ4v) is 1.58. The molecule has 0 saturated heterocycles. The fourth-order valence-electron chi connectivity index (χ4n) is 1.58. The molecule has 0 spiro atoms. The fraction of sp³-hybridized carbons (Fsp3) is 0.0769. The highest BCUT2D eigenvalue weighted by Crippen LogP contribution is 2.18. The number of benzene rings is 1. The Hall–Kier alpha value is -2.56. The number of nitrogens with two attached hydrogens (primary N) is 1. The molecule has 0 fully saturated rings. The van der Waals surface area contributed by atoms with Crippen LogP contribution in [0.25, 0.3) is 11.3 Å². The van der Waals surface area contributed by atoms with Crippen molar-refractivity contribution in [1.82, 2.24) is 4.98 Å². The van der Waals surface area contributed by atoms with Crippen LogP contribution < -0.4 is 11.3 Å². The lowest BCUT2D eigenvalue weighted by atomic mass is 10.1. The van der Waals surface area contributed by atoms with Crippen LogP contribution in [0.5, 0.6) is 0 Å². The molecule has 3 N–H and O–H groups in total. The summed E-state index contributed by atoms with van der Waals surface area (Å²) >= 11 is 0. The van der Waals surface area contributed by atoms with Crippen LogP contribution in [0.3, 0.4) is 0 Å². The van der Waals surface area contributed by atoms with E-state index in [-0.39, 0.29) is 11.2 Å². The van der Waals surface area contributed by atoms with Crippen LogP contribution in [-0.4, -0.2) is 18.1 Å². The third-order valence-corrected chi connectivity index (χ3v) is 2.53. The van der Waals surface area contributed by atoms with Crippen molar-refractivity contribution in [3.63, 3.8) is 0 Å². The number of carbonyl (C=O) groups is 1. The molecule has 5 heteroatoms. The molecule has 5 nitrogen and oxygen atoms in total. The zero-order valence-electron chi connectivity index (χ0n) is 9.77. The monoisotopic (exact) mass is 244 g/mol. The van der Waals surface area contributed by atoms with Crippen LogP contribution in [0.15, 0.2) is 41.2 Å². The maximum Gasteiger partial charge on any atom is 0.337 e. The van der Waals surface area contributed by atoms with Crippen molar-refractivity contribution in [2.75, 3.05) is 12.8 Å². The number of ether oxygens (including phenoxy) is 1. The van der Waals surface area contributed by atoms with Gasteiger partial charge in [-0.3, -0.25) is 4.79 Å². The summed E-state index contributed by atoms with van der Waals surface area (Å²) < 4.78 is 4.64. The average Bonchev–Trinajstić information content (AvgIpc) is 2.41. The summed E-state index contributed by atoms with van der Waals surface area (Å²) in [7, 11) is 1.32. The second-order valence-electron chi connectivity index (χ2n) is 3.73. The molecule has 0 aliphatic carbocycles. The van der Waals surface area contributed by atoms with E-state index in [0.29, 0.717) is 11.3 Å². The van der Waals surface area contributed by atoms with Crippen LogP contribution >= 0.6 is 0 Å². The van der Waals surface area contributed by atoms with Crippen molar-refractivity contribution >= 4 is 11.7 Å². The van der Waals surface area contributed by atoms with E-state index in [0.717, 1.165) is 5.56 Å². The topological polar surface area (TPSA) is 85.2 Å². The van der Waals surface area contributed by atoms with Crippen LogP contribution in [-0.2, 0) is 4.74 Å². The lowest BCUT2D eigenvalue weighted by Crippen LogP contribution is -2.11. The first-order chi connectivity index (χ1) is 8.61. The molecule has 0 saturated carbocycles. The summed E-state index contributed by atoms with van der Waals surface area (Å²) in [6.45, 7) is 0. The maximum atomic E-state index is 11.4. The minimum Gasteiger partial charge on any atom is -0.465 e. The second kappa shape index (κ2) is 4.75. The molecule has 0 aliphatic heterocycles. The number of methoxy groups -OCH3 is 1. The molecular formula is C13H12N2O3. The van der Waals surface area contributed by atoms with Crippen molar-refractivity contribution in [1.29, 1.82) is 0 Å². The number of nitrogens with one attached hydrogen (secondary N) is 1. The minimum atomic E-state index is -0.422. The first-order valence-corrected chi connectivity index (χ1v) is 5.29. The largest absolute Gasteiger partial charge is 0.465 e. The van der Waals surface area contributed by atoms with E-state index in [1.165, 1.54) is 13.2 Å². The molecule has 2 rings (SSSR count). The van der Waals surface area contributed by atoms with Gasteiger partial charge >= 0.3 is 5.97 Å². The van der Waals surface area contributed by atoms with E-state index < -0.39 is 5.97 Å². The first kappa shape index (κ1) is 11.9. The van der Waals surface area contributed by atoms with Gasteiger partial charge in [-0.05, 0) is 29.8 Å². The van der Waals surface area contributed by atoms with Crippen molar-refractivity contribution in [2.45, 2.75) is 0 Å². The van der Waals surface area contributed by atoms with Gasteiger partial charge in [0, 0.05) is 5.69 Å². The molecular weight excluding hydrogens is 232 g/mol. The Labute approximate surface area is 103 Å². The number of pyridine rings is 1. The van der Waals surface area contributed by atoms with E-state index in [2.05, 4.69) is 9.72 Å². The van der Waals surface area contributed by atoms with Crippen molar-refractivity contribution in [3.8, 4) is 11.3 Å². The van der Waals surface area contributed by atoms with Crippen molar-refractivity contribution < 1.29 is 9.53 Å². The molecule has 92 valence electrons. The quantitative estimate of drug-likeness (QED) is 0.782. The Kier molecular flexibility index (Phi) is 3.14. The Balaban J connectivity index is 2.47. The number of nitrogen functional groups attached to an aromatic ring is 1. The van der Waals surface area contributed by atoms with Gasteiger partial charge in [0.2, 0.25) is 0 Å². The highest BCUT2D eigenvalue weighted by molar-refractivity contribution is 5.90. The van der Waals surface area contributed by atoms with Crippen molar-refractivity contribution in [3.05, 3.63) is 52.3 Å². The van der Waals surface area contributed by atoms with Gasteiger partial charge < -0.3 is 15.5 Å². The zero-order chi connectivity index (χ0) is 13.1. The lowest BCUT2D eigenvalue weighted by molar-refractivity contribution is 0.0601. The number of hydrogen-bond donors (Lipinski definition) is 2. The summed E-state index contributed by atoms with van der Waals surface area (Å²) in [5.41, 5.74) is 6.99. The Morgan fingerprint density at radius 3 is 2.72 bits per heavy atom. The Bertz CT molecular complexity index is 647. The van der Waals surface area contributed by atoms with Crippen molar-refractivity contribution in [2.24, 2.45) is 0 Å². The van der Waals surface area contributed by atoms with Gasteiger partial charge in [0.1, 0.15) is 0 Å². The summed E-state index contributed by atoms with van der Waals surface area (Å²) in [4.78, 5) is 25.5. The second-order valence-corrected chi connectivity index (χ2v) is 3.73. The Morgan fingerprint density at radius 1 is 1.28 bits per heavy atom. The SMILES string of the molecule is COC(=O)c1cccc(-c2ccc(N)c(=O)[nH]2)c1. The number of aromatic amines is 1. The first-order valence-electron chi connectivity index (χ1n) is 5.29. The molecule has 2 aromatic rings. The van der Waals surface area contributed by atoms with E-state index in [9.17, 15) is 9.59 Å². The van der Waals surface area contributed by atoms with Gasteiger partial charge in [0.25, 0.3) is 5.56 Å². The van der Waals surface area contributed by atoms with Crippen LogP contribution in [0, 0.1) is 0 Å². The molecule has 0 atom stereocenters. The minimum absolute atomic E-state index is 0.155. The number of esters is 1. The van der Waals surface area contributed by atoms with E-state index in [4.69, 9.17) is 5.73 Å². The molecule has 0 radical (unpaired) electrons. The number of aromatic nitrogens is 1. The van der Waals surface area contributed by atoms with Gasteiger partial charge in [-0.2, -0.15) is 0 Å². The predicted octanol–water partition coefficient (Wildman–Crippen LogP) is 1.41. The number of H-pyrrole nitrogens is 1. The van der Waals surface area contributed by atoms with E-state index >= 15 is 0 Å². The van der Waals surface area contributed by atoms with Gasteiger partial charge in [-0.15, -0.1) is 0 Å². The van der Waals surface area contributed by atoms with Gasteiger partial charge in [-0.25, -0.2) is 4.79 Å². The molecule has 1 aromatic carbocycles.